The zero-order valence-corrected chi connectivity index (χ0v) is 15.4. The van der Waals surface area contributed by atoms with E-state index in [1.165, 1.54) is 25.7 Å². The molecule has 1 aromatic carbocycles. The Bertz CT molecular complexity index is 624. The lowest BCUT2D eigenvalue weighted by molar-refractivity contribution is 0.535. The van der Waals surface area contributed by atoms with Crippen LogP contribution >= 0.6 is 12.2 Å². The van der Waals surface area contributed by atoms with Crippen molar-refractivity contribution in [3.05, 3.63) is 24.3 Å². The number of hydrogen-bond acceptors (Lipinski definition) is 4. The lowest BCUT2D eigenvalue weighted by atomic mass is 10.1. The Labute approximate surface area is 149 Å². The third kappa shape index (κ3) is 6.01. The minimum absolute atomic E-state index is 0.212. The third-order valence-corrected chi connectivity index (χ3v) is 5.75. The van der Waals surface area contributed by atoms with E-state index in [4.69, 9.17) is 18.0 Å². The molecule has 8 heteroatoms. The number of thiocarbonyl (C=S) groups is 1. The highest BCUT2D eigenvalue weighted by Crippen LogP contribution is 2.18. The van der Waals surface area contributed by atoms with Gasteiger partial charge in [-0.2, -0.15) is 0 Å². The Morgan fingerprint density at radius 2 is 1.75 bits per heavy atom. The quantitative estimate of drug-likeness (QED) is 0.451. The molecule has 1 aromatic rings. The van der Waals surface area contributed by atoms with Crippen molar-refractivity contribution in [2.24, 2.45) is 5.73 Å². The van der Waals surface area contributed by atoms with Gasteiger partial charge >= 0.3 is 0 Å². The molecule has 0 spiro atoms. The molecule has 134 valence electrons. The summed E-state index contributed by atoms with van der Waals surface area (Å²) in [6, 6.07) is 6.94. The lowest BCUT2D eigenvalue weighted by Gasteiger charge is -2.19. The Kier molecular flexibility index (Phi) is 7.41. The van der Waals surface area contributed by atoms with E-state index in [0.29, 0.717) is 11.2 Å². The van der Waals surface area contributed by atoms with E-state index in [1.807, 2.05) is 0 Å². The number of nitrogens with two attached hydrogens (primary N) is 1. The van der Waals surface area contributed by atoms with Gasteiger partial charge in [-0.25, -0.2) is 13.1 Å². The van der Waals surface area contributed by atoms with Crippen molar-refractivity contribution in [3.8, 4) is 0 Å². The summed E-state index contributed by atoms with van der Waals surface area (Å²) in [4.78, 5) is 0.212. The number of benzene rings is 1. The molecule has 0 atom stereocenters. The lowest BCUT2D eigenvalue weighted by Crippen LogP contribution is -2.37. The molecule has 1 fully saturated rings. The summed E-state index contributed by atoms with van der Waals surface area (Å²) in [7, 11) is -3.50. The van der Waals surface area contributed by atoms with Crippen molar-refractivity contribution in [1.29, 1.82) is 0 Å². The summed E-state index contributed by atoms with van der Waals surface area (Å²) in [5.41, 5.74) is 6.08. The highest BCUT2D eigenvalue weighted by molar-refractivity contribution is 7.89. The molecule has 0 amide bonds. The first-order valence-corrected chi connectivity index (χ1v) is 10.3. The van der Waals surface area contributed by atoms with Crippen LogP contribution in [0.15, 0.2) is 29.2 Å². The van der Waals surface area contributed by atoms with Crippen molar-refractivity contribution < 1.29 is 8.42 Å². The fourth-order valence-corrected chi connectivity index (χ4v) is 4.10. The first-order valence-electron chi connectivity index (χ1n) is 8.38. The molecule has 1 aliphatic carbocycles. The third-order valence-electron chi connectivity index (χ3n) is 4.05. The van der Waals surface area contributed by atoms with Crippen LogP contribution in [-0.4, -0.2) is 32.7 Å². The van der Waals surface area contributed by atoms with E-state index in [0.717, 1.165) is 18.5 Å². The summed E-state index contributed by atoms with van der Waals surface area (Å²) >= 11 is 5.36. The van der Waals surface area contributed by atoms with Crippen LogP contribution in [0.5, 0.6) is 0 Å². The molecule has 24 heavy (non-hydrogen) atoms. The van der Waals surface area contributed by atoms with E-state index >= 15 is 0 Å². The van der Waals surface area contributed by atoms with Gasteiger partial charge < -0.3 is 16.4 Å². The Hall–Kier alpha value is -1.22. The highest BCUT2D eigenvalue weighted by Gasteiger charge is 2.14. The molecule has 1 saturated carbocycles. The van der Waals surface area contributed by atoms with Gasteiger partial charge in [0.1, 0.15) is 0 Å². The number of sulfonamides is 1. The molecule has 0 heterocycles. The van der Waals surface area contributed by atoms with Crippen LogP contribution in [-0.2, 0) is 10.0 Å². The van der Waals surface area contributed by atoms with Crippen molar-refractivity contribution in [3.63, 3.8) is 0 Å². The Morgan fingerprint density at radius 1 is 1.12 bits per heavy atom. The highest BCUT2D eigenvalue weighted by atomic mass is 32.2. The van der Waals surface area contributed by atoms with E-state index in [1.54, 1.807) is 24.3 Å². The molecule has 5 N–H and O–H groups in total. The predicted molar refractivity (Wildman–Crippen MR) is 102 cm³/mol. The van der Waals surface area contributed by atoms with Gasteiger partial charge in [0, 0.05) is 24.8 Å². The van der Waals surface area contributed by atoms with Crippen LogP contribution in [0, 0.1) is 0 Å². The first-order chi connectivity index (χ1) is 11.5. The van der Waals surface area contributed by atoms with Crippen molar-refractivity contribution in [2.75, 3.05) is 18.4 Å². The van der Waals surface area contributed by atoms with Crippen molar-refractivity contribution in [1.82, 2.24) is 10.0 Å². The fraction of sp³-hybridized carbons (Fsp3) is 0.562. The van der Waals surface area contributed by atoms with Gasteiger partial charge in [0.15, 0.2) is 5.11 Å². The smallest absolute Gasteiger partial charge is 0.240 e. The molecular weight excluding hydrogens is 344 g/mol. The van der Waals surface area contributed by atoms with E-state index in [2.05, 4.69) is 15.4 Å². The second-order valence-corrected chi connectivity index (χ2v) is 8.17. The maximum Gasteiger partial charge on any atom is 0.240 e. The van der Waals surface area contributed by atoms with Crippen LogP contribution in [0.25, 0.3) is 0 Å². The van der Waals surface area contributed by atoms with Gasteiger partial charge in [-0.3, -0.25) is 0 Å². The molecular formula is C16H26N4O2S2. The van der Waals surface area contributed by atoms with E-state index in [-0.39, 0.29) is 18.0 Å². The van der Waals surface area contributed by atoms with Crippen molar-refractivity contribution >= 4 is 33.0 Å². The topological polar surface area (TPSA) is 96.2 Å². The maximum atomic E-state index is 12.0. The minimum Gasteiger partial charge on any atom is -0.360 e. The molecule has 0 unspecified atom stereocenters. The van der Waals surface area contributed by atoms with Crippen LogP contribution < -0.4 is 21.1 Å². The molecule has 0 aromatic heterocycles. The van der Waals surface area contributed by atoms with Crippen LogP contribution in [0.2, 0.25) is 0 Å². The second-order valence-electron chi connectivity index (χ2n) is 6.00. The predicted octanol–water partition coefficient (Wildman–Crippen LogP) is 1.93. The number of anilines is 1. The fourth-order valence-electron chi connectivity index (χ4n) is 2.77. The van der Waals surface area contributed by atoms with Gasteiger partial charge in [0.2, 0.25) is 10.0 Å². The maximum absolute atomic E-state index is 12.0. The summed E-state index contributed by atoms with van der Waals surface area (Å²) in [5.74, 6) is 0. The van der Waals surface area contributed by atoms with Gasteiger partial charge in [0.05, 0.1) is 4.90 Å². The SMILES string of the molecule is NCCNS(=O)(=O)c1ccc(NC(=S)NC2CCCCCC2)cc1. The Morgan fingerprint density at radius 3 is 2.33 bits per heavy atom. The normalized spacial score (nSPS) is 16.4. The summed E-state index contributed by atoms with van der Waals surface area (Å²) in [6.07, 6.45) is 7.36. The zero-order valence-electron chi connectivity index (χ0n) is 13.8. The van der Waals surface area contributed by atoms with Crippen LogP contribution in [0.4, 0.5) is 5.69 Å². The van der Waals surface area contributed by atoms with E-state index in [9.17, 15) is 8.42 Å². The molecule has 0 aliphatic heterocycles. The standard InChI is InChI=1S/C16H26N4O2S2/c17-11-12-18-24(21,22)15-9-7-14(8-10-15)20-16(23)19-13-5-3-1-2-4-6-13/h7-10,13,18H,1-6,11-12,17H2,(H2,19,20,23). The van der Waals surface area contributed by atoms with Gasteiger partial charge in [-0.15, -0.1) is 0 Å². The average molecular weight is 371 g/mol. The van der Waals surface area contributed by atoms with E-state index < -0.39 is 10.0 Å². The molecule has 0 radical (unpaired) electrons. The summed E-state index contributed by atoms with van der Waals surface area (Å²) in [5, 5.41) is 7.05. The van der Waals surface area contributed by atoms with Gasteiger partial charge in [-0.1, -0.05) is 25.7 Å². The number of nitrogens with one attached hydrogen (secondary N) is 3. The molecule has 1 aliphatic rings. The molecule has 0 saturated heterocycles. The summed E-state index contributed by atoms with van der Waals surface area (Å²) < 4.78 is 26.4. The van der Waals surface area contributed by atoms with Crippen LogP contribution in [0.1, 0.15) is 38.5 Å². The second kappa shape index (κ2) is 9.31. The minimum atomic E-state index is -3.50. The zero-order chi connectivity index (χ0) is 17.4. The molecule has 0 bridgehead atoms. The van der Waals surface area contributed by atoms with Crippen molar-refractivity contribution in [2.45, 2.75) is 49.5 Å². The number of hydrogen-bond donors (Lipinski definition) is 4. The van der Waals surface area contributed by atoms with Gasteiger partial charge in [0.25, 0.3) is 0 Å². The molecule has 2 rings (SSSR count). The molecule has 6 nitrogen and oxygen atoms in total. The number of rotatable bonds is 6. The summed E-state index contributed by atoms with van der Waals surface area (Å²) in [6.45, 7) is 0.484. The monoisotopic (exact) mass is 370 g/mol. The Balaban J connectivity index is 1.89. The van der Waals surface area contributed by atoms with Gasteiger partial charge in [-0.05, 0) is 49.3 Å². The average Bonchev–Trinajstić information content (AvgIpc) is 2.82. The largest absolute Gasteiger partial charge is 0.360 e. The first kappa shape index (κ1) is 19.1. The van der Waals surface area contributed by atoms with Crippen LogP contribution in [0.3, 0.4) is 0 Å².